The zero-order chi connectivity index (χ0) is 18.5. The number of ketones is 1. The molecule has 0 amide bonds. The lowest BCUT2D eigenvalue weighted by Crippen LogP contribution is -2.15. The lowest BCUT2D eigenvalue weighted by atomic mass is 10.1. The van der Waals surface area contributed by atoms with Crippen molar-refractivity contribution in [3.8, 4) is 0 Å². The molecule has 0 spiro atoms. The Bertz CT molecular complexity index is 951. The Morgan fingerprint density at radius 2 is 1.81 bits per heavy atom. The number of benzene rings is 2. The number of aryl methyl sites for hydroxylation is 1. The summed E-state index contributed by atoms with van der Waals surface area (Å²) in [5.74, 6) is -0.801. The van der Waals surface area contributed by atoms with Gasteiger partial charge in [0, 0.05) is 21.7 Å². The summed E-state index contributed by atoms with van der Waals surface area (Å²) >= 11 is 5.82. The minimum Gasteiger partial charge on any atom is -0.454 e. The van der Waals surface area contributed by atoms with Crippen molar-refractivity contribution in [3.05, 3.63) is 76.4 Å². The van der Waals surface area contributed by atoms with Crippen LogP contribution in [0.2, 0.25) is 5.02 Å². The summed E-state index contributed by atoms with van der Waals surface area (Å²) in [4.78, 5) is 29.3. The van der Waals surface area contributed by atoms with Crippen molar-refractivity contribution in [2.24, 2.45) is 0 Å². The number of hydrogen-bond acceptors (Lipinski definition) is 4. The average Bonchev–Trinajstić information content (AvgIpc) is 2.66. The van der Waals surface area contributed by atoms with E-state index in [1.165, 1.54) is 0 Å². The number of halogens is 1. The molecule has 1 aromatic heterocycles. The van der Waals surface area contributed by atoms with Crippen LogP contribution >= 0.6 is 11.6 Å². The molecule has 4 nitrogen and oxygen atoms in total. The van der Waals surface area contributed by atoms with E-state index in [2.05, 4.69) is 11.9 Å². The summed E-state index contributed by atoms with van der Waals surface area (Å²) in [5, 5.41) is 1.27. The monoisotopic (exact) mass is 367 g/mol. The number of pyridine rings is 1. The van der Waals surface area contributed by atoms with Crippen LogP contribution in [-0.2, 0) is 11.2 Å². The van der Waals surface area contributed by atoms with Crippen LogP contribution in [0.3, 0.4) is 0 Å². The van der Waals surface area contributed by atoms with Crippen molar-refractivity contribution in [1.29, 1.82) is 0 Å². The lowest BCUT2D eigenvalue weighted by molar-refractivity contribution is 0.0476. The van der Waals surface area contributed by atoms with Crippen LogP contribution in [0.25, 0.3) is 10.9 Å². The van der Waals surface area contributed by atoms with Gasteiger partial charge in [0.15, 0.2) is 12.4 Å². The second-order valence-corrected chi connectivity index (χ2v) is 6.37. The van der Waals surface area contributed by atoms with Crippen LogP contribution in [0.1, 0.15) is 39.8 Å². The molecule has 0 fully saturated rings. The minimum absolute atomic E-state index is 0.276. The van der Waals surface area contributed by atoms with Crippen LogP contribution in [0.5, 0.6) is 0 Å². The fourth-order valence-electron chi connectivity index (χ4n) is 2.71. The number of aromatic nitrogens is 1. The first-order valence-electron chi connectivity index (χ1n) is 8.43. The highest BCUT2D eigenvalue weighted by Crippen LogP contribution is 2.20. The topological polar surface area (TPSA) is 56.3 Å². The molecule has 0 atom stereocenters. The van der Waals surface area contributed by atoms with Crippen molar-refractivity contribution < 1.29 is 14.3 Å². The van der Waals surface area contributed by atoms with Crippen LogP contribution in [0.4, 0.5) is 0 Å². The molecule has 5 heteroatoms. The summed E-state index contributed by atoms with van der Waals surface area (Å²) in [6.45, 7) is 1.74. The van der Waals surface area contributed by atoms with E-state index in [9.17, 15) is 9.59 Å². The number of fused-ring (bicyclic) bond motifs is 1. The normalized spacial score (nSPS) is 10.7. The highest BCUT2D eigenvalue weighted by atomic mass is 35.5. The molecule has 0 aliphatic heterocycles. The number of Topliss-reactive ketones (excluding diaryl/α,β-unsaturated/α-hetero) is 1. The fraction of sp³-hybridized carbons (Fsp3) is 0.190. The summed E-state index contributed by atoms with van der Waals surface area (Å²) in [5.41, 5.74) is 2.47. The first-order valence-corrected chi connectivity index (χ1v) is 8.81. The van der Waals surface area contributed by atoms with E-state index in [-0.39, 0.29) is 12.4 Å². The standard InChI is InChI=1S/C21H18ClNO3/c1-2-5-16-12-18(17-6-3-4-7-19(17)23-16)21(25)26-13-20(24)14-8-10-15(22)11-9-14/h3-4,6-12H,2,5,13H2,1H3. The predicted molar refractivity (Wildman–Crippen MR) is 102 cm³/mol. The van der Waals surface area contributed by atoms with Gasteiger partial charge < -0.3 is 4.74 Å². The number of nitrogens with zero attached hydrogens (tertiary/aromatic N) is 1. The largest absolute Gasteiger partial charge is 0.454 e. The van der Waals surface area contributed by atoms with E-state index in [0.29, 0.717) is 16.1 Å². The number of esters is 1. The third kappa shape index (κ3) is 4.09. The number of ether oxygens (including phenoxy) is 1. The Hall–Kier alpha value is -2.72. The van der Waals surface area contributed by atoms with Gasteiger partial charge in [-0.25, -0.2) is 4.79 Å². The average molecular weight is 368 g/mol. The Morgan fingerprint density at radius 3 is 2.54 bits per heavy atom. The second-order valence-electron chi connectivity index (χ2n) is 5.93. The molecule has 1 heterocycles. The lowest BCUT2D eigenvalue weighted by Gasteiger charge is -2.09. The molecule has 0 bridgehead atoms. The van der Waals surface area contributed by atoms with Gasteiger partial charge in [-0.1, -0.05) is 43.1 Å². The van der Waals surface area contributed by atoms with Gasteiger partial charge in [-0.05, 0) is 42.8 Å². The number of hydrogen-bond donors (Lipinski definition) is 0. The fourth-order valence-corrected chi connectivity index (χ4v) is 2.84. The molecule has 132 valence electrons. The van der Waals surface area contributed by atoms with E-state index < -0.39 is 5.97 Å². The molecule has 0 unspecified atom stereocenters. The van der Waals surface area contributed by atoms with Gasteiger partial charge in [0.25, 0.3) is 0 Å². The molecule has 0 aliphatic carbocycles. The molecule has 3 aromatic rings. The van der Waals surface area contributed by atoms with Crippen molar-refractivity contribution in [2.75, 3.05) is 6.61 Å². The number of para-hydroxylation sites is 1. The van der Waals surface area contributed by atoms with Crippen LogP contribution in [-0.4, -0.2) is 23.3 Å². The zero-order valence-corrected chi connectivity index (χ0v) is 15.1. The summed E-state index contributed by atoms with van der Waals surface area (Å²) in [7, 11) is 0. The van der Waals surface area contributed by atoms with Gasteiger partial charge in [0.1, 0.15) is 0 Å². The molecular formula is C21H18ClNO3. The quantitative estimate of drug-likeness (QED) is 0.460. The van der Waals surface area contributed by atoms with Crippen molar-refractivity contribution >= 4 is 34.3 Å². The van der Waals surface area contributed by atoms with E-state index >= 15 is 0 Å². The van der Waals surface area contributed by atoms with E-state index in [4.69, 9.17) is 16.3 Å². The van der Waals surface area contributed by atoms with E-state index in [0.717, 1.165) is 29.4 Å². The van der Waals surface area contributed by atoms with Gasteiger partial charge >= 0.3 is 5.97 Å². The Kier molecular flexibility index (Phi) is 5.64. The van der Waals surface area contributed by atoms with Crippen molar-refractivity contribution in [2.45, 2.75) is 19.8 Å². The second kappa shape index (κ2) is 8.11. The number of rotatable bonds is 6. The molecule has 2 aromatic carbocycles. The van der Waals surface area contributed by atoms with Crippen LogP contribution in [0, 0.1) is 0 Å². The molecule has 0 saturated carbocycles. The SMILES string of the molecule is CCCc1cc(C(=O)OCC(=O)c2ccc(Cl)cc2)c2ccccc2n1. The highest BCUT2D eigenvalue weighted by Gasteiger charge is 2.16. The molecule has 26 heavy (non-hydrogen) atoms. The predicted octanol–water partition coefficient (Wildman–Crippen LogP) is 4.88. The zero-order valence-electron chi connectivity index (χ0n) is 14.4. The van der Waals surface area contributed by atoms with Gasteiger partial charge in [-0.3, -0.25) is 9.78 Å². The highest BCUT2D eigenvalue weighted by molar-refractivity contribution is 6.30. The van der Waals surface area contributed by atoms with Gasteiger partial charge in [-0.15, -0.1) is 0 Å². The third-order valence-corrected chi connectivity index (χ3v) is 4.25. The van der Waals surface area contributed by atoms with Crippen LogP contribution in [0.15, 0.2) is 54.6 Å². The van der Waals surface area contributed by atoms with Crippen LogP contribution < -0.4 is 0 Å². The third-order valence-electron chi connectivity index (χ3n) is 4.00. The summed E-state index contributed by atoms with van der Waals surface area (Å²) < 4.78 is 5.27. The first kappa shape index (κ1) is 18.1. The van der Waals surface area contributed by atoms with Crippen molar-refractivity contribution in [1.82, 2.24) is 4.98 Å². The maximum Gasteiger partial charge on any atom is 0.339 e. The molecule has 0 radical (unpaired) electrons. The Balaban J connectivity index is 1.80. The number of carbonyl (C=O) groups is 2. The maximum atomic E-state index is 12.6. The molecule has 0 saturated heterocycles. The Labute approximate surface area is 156 Å². The first-order chi connectivity index (χ1) is 12.6. The van der Waals surface area contributed by atoms with Gasteiger partial charge in [0.2, 0.25) is 0 Å². The number of carbonyl (C=O) groups excluding carboxylic acids is 2. The molecule has 0 aliphatic rings. The summed E-state index contributed by atoms with van der Waals surface area (Å²) in [6, 6.07) is 15.7. The smallest absolute Gasteiger partial charge is 0.339 e. The van der Waals surface area contributed by atoms with Gasteiger partial charge in [-0.2, -0.15) is 0 Å². The molecule has 3 rings (SSSR count). The Morgan fingerprint density at radius 1 is 1.08 bits per heavy atom. The van der Waals surface area contributed by atoms with E-state index in [1.54, 1.807) is 30.3 Å². The van der Waals surface area contributed by atoms with E-state index in [1.807, 2.05) is 24.3 Å². The maximum absolute atomic E-state index is 12.6. The summed E-state index contributed by atoms with van der Waals surface area (Å²) in [6.07, 6.45) is 1.70. The molecule has 0 N–H and O–H groups in total. The van der Waals surface area contributed by atoms with Crippen molar-refractivity contribution in [3.63, 3.8) is 0 Å². The minimum atomic E-state index is -0.525. The van der Waals surface area contributed by atoms with Gasteiger partial charge in [0.05, 0.1) is 11.1 Å². The molecular weight excluding hydrogens is 350 g/mol.